The zero-order chi connectivity index (χ0) is 19.1. The van der Waals surface area contributed by atoms with Gasteiger partial charge in [0.05, 0.1) is 7.11 Å². The SMILES string of the molecule is CC[C@@H](C)c1ccccc1NC(=O)COC(=O)c1cc(Cl)ccc1OC. The molecule has 0 aliphatic carbocycles. The van der Waals surface area contributed by atoms with Gasteiger partial charge in [-0.05, 0) is 42.2 Å². The van der Waals surface area contributed by atoms with Crippen LogP contribution in [0.1, 0.15) is 42.1 Å². The topological polar surface area (TPSA) is 64.6 Å². The van der Waals surface area contributed by atoms with Gasteiger partial charge >= 0.3 is 5.97 Å². The van der Waals surface area contributed by atoms with Crippen molar-refractivity contribution in [3.05, 3.63) is 58.6 Å². The van der Waals surface area contributed by atoms with Crippen molar-refractivity contribution >= 4 is 29.2 Å². The maximum Gasteiger partial charge on any atom is 0.342 e. The summed E-state index contributed by atoms with van der Waals surface area (Å²) in [7, 11) is 1.44. The quantitative estimate of drug-likeness (QED) is 0.715. The second-order valence-electron chi connectivity index (χ2n) is 5.87. The summed E-state index contributed by atoms with van der Waals surface area (Å²) in [6, 6.07) is 12.2. The highest BCUT2D eigenvalue weighted by atomic mass is 35.5. The van der Waals surface area contributed by atoms with Crippen LogP contribution in [-0.4, -0.2) is 25.6 Å². The molecule has 0 bridgehead atoms. The van der Waals surface area contributed by atoms with E-state index in [0.29, 0.717) is 16.7 Å². The maximum absolute atomic E-state index is 12.2. The van der Waals surface area contributed by atoms with E-state index in [0.717, 1.165) is 17.7 Å². The number of amides is 1. The van der Waals surface area contributed by atoms with Crippen LogP contribution in [0.25, 0.3) is 0 Å². The van der Waals surface area contributed by atoms with Crippen molar-refractivity contribution in [1.82, 2.24) is 0 Å². The molecule has 0 saturated heterocycles. The van der Waals surface area contributed by atoms with Crippen LogP contribution in [0.15, 0.2) is 42.5 Å². The second-order valence-corrected chi connectivity index (χ2v) is 6.30. The number of ether oxygens (including phenoxy) is 2. The number of nitrogens with one attached hydrogen (secondary N) is 1. The molecule has 2 aromatic carbocycles. The van der Waals surface area contributed by atoms with E-state index in [9.17, 15) is 9.59 Å². The number of carbonyl (C=O) groups excluding carboxylic acids is 2. The summed E-state index contributed by atoms with van der Waals surface area (Å²) < 4.78 is 10.2. The Morgan fingerprint density at radius 2 is 1.92 bits per heavy atom. The van der Waals surface area contributed by atoms with Crippen molar-refractivity contribution in [3.63, 3.8) is 0 Å². The summed E-state index contributed by atoms with van der Waals surface area (Å²) in [6.45, 7) is 3.78. The van der Waals surface area contributed by atoms with Crippen molar-refractivity contribution in [2.75, 3.05) is 19.0 Å². The monoisotopic (exact) mass is 375 g/mol. The maximum atomic E-state index is 12.2. The van der Waals surface area contributed by atoms with Gasteiger partial charge in [0.2, 0.25) is 0 Å². The van der Waals surface area contributed by atoms with Crippen molar-refractivity contribution < 1.29 is 19.1 Å². The van der Waals surface area contributed by atoms with Gasteiger partial charge in [0, 0.05) is 10.7 Å². The largest absolute Gasteiger partial charge is 0.496 e. The molecule has 0 aliphatic rings. The minimum atomic E-state index is -0.672. The van der Waals surface area contributed by atoms with E-state index in [2.05, 4.69) is 19.2 Å². The third-order valence-electron chi connectivity index (χ3n) is 4.09. The zero-order valence-corrected chi connectivity index (χ0v) is 15.8. The Morgan fingerprint density at radius 1 is 1.19 bits per heavy atom. The van der Waals surface area contributed by atoms with Gasteiger partial charge in [-0.3, -0.25) is 4.79 Å². The minimum Gasteiger partial charge on any atom is -0.496 e. The molecule has 0 aliphatic heterocycles. The first-order valence-corrected chi connectivity index (χ1v) is 8.73. The Kier molecular flexibility index (Phi) is 7.04. The zero-order valence-electron chi connectivity index (χ0n) is 15.0. The predicted molar refractivity (Wildman–Crippen MR) is 102 cm³/mol. The van der Waals surface area contributed by atoms with E-state index in [1.165, 1.54) is 13.2 Å². The predicted octanol–water partition coefficient (Wildman–Crippen LogP) is 4.66. The summed E-state index contributed by atoms with van der Waals surface area (Å²) in [5.74, 6) is -0.434. The van der Waals surface area contributed by atoms with Gasteiger partial charge in [-0.1, -0.05) is 43.6 Å². The van der Waals surface area contributed by atoms with Gasteiger partial charge in [0.15, 0.2) is 6.61 Å². The third-order valence-corrected chi connectivity index (χ3v) is 4.33. The van der Waals surface area contributed by atoms with Crippen LogP contribution >= 0.6 is 11.6 Å². The third kappa shape index (κ3) is 4.99. The van der Waals surface area contributed by atoms with Crippen molar-refractivity contribution in [3.8, 4) is 5.75 Å². The molecular formula is C20H22ClNO4. The number of hydrogen-bond acceptors (Lipinski definition) is 4. The fourth-order valence-corrected chi connectivity index (χ4v) is 2.67. The van der Waals surface area contributed by atoms with E-state index in [4.69, 9.17) is 21.1 Å². The number of hydrogen-bond donors (Lipinski definition) is 1. The molecule has 2 aromatic rings. The molecule has 6 heteroatoms. The average Bonchev–Trinajstić information content (AvgIpc) is 2.65. The van der Waals surface area contributed by atoms with Crippen LogP contribution in [0.2, 0.25) is 5.02 Å². The average molecular weight is 376 g/mol. The molecule has 5 nitrogen and oxygen atoms in total. The standard InChI is InChI=1S/C20H22ClNO4/c1-4-13(2)15-7-5-6-8-17(15)22-19(23)12-26-20(24)16-11-14(21)9-10-18(16)25-3/h5-11,13H,4,12H2,1-3H3,(H,22,23)/t13-/m1/s1. The number of carbonyl (C=O) groups is 2. The number of para-hydroxylation sites is 1. The van der Waals surface area contributed by atoms with Crippen LogP contribution in [0.3, 0.4) is 0 Å². The minimum absolute atomic E-state index is 0.174. The van der Waals surface area contributed by atoms with E-state index in [1.54, 1.807) is 12.1 Å². The first-order chi connectivity index (χ1) is 12.5. The van der Waals surface area contributed by atoms with Crippen LogP contribution in [0, 0.1) is 0 Å². The molecule has 0 heterocycles. The highest BCUT2D eigenvalue weighted by Crippen LogP contribution is 2.26. The highest BCUT2D eigenvalue weighted by molar-refractivity contribution is 6.31. The van der Waals surface area contributed by atoms with E-state index < -0.39 is 18.5 Å². The summed E-state index contributed by atoms with van der Waals surface area (Å²) >= 11 is 5.91. The van der Waals surface area contributed by atoms with Gasteiger partial charge in [-0.15, -0.1) is 0 Å². The highest BCUT2D eigenvalue weighted by Gasteiger charge is 2.17. The lowest BCUT2D eigenvalue weighted by Gasteiger charge is -2.15. The molecule has 0 radical (unpaired) electrons. The Morgan fingerprint density at radius 3 is 2.62 bits per heavy atom. The molecule has 1 atom stereocenters. The lowest BCUT2D eigenvalue weighted by atomic mass is 9.97. The Hall–Kier alpha value is -2.53. The molecular weight excluding hydrogens is 354 g/mol. The number of anilines is 1. The molecule has 26 heavy (non-hydrogen) atoms. The molecule has 0 spiro atoms. The van der Waals surface area contributed by atoms with Crippen LogP contribution in [0.5, 0.6) is 5.75 Å². The van der Waals surface area contributed by atoms with Crippen molar-refractivity contribution in [2.24, 2.45) is 0 Å². The van der Waals surface area contributed by atoms with Gasteiger partial charge < -0.3 is 14.8 Å². The molecule has 1 N–H and O–H groups in total. The number of benzene rings is 2. The molecule has 138 valence electrons. The second kappa shape index (κ2) is 9.25. The Bertz CT molecular complexity index is 791. The van der Waals surface area contributed by atoms with Gasteiger partial charge in [0.25, 0.3) is 5.91 Å². The number of esters is 1. The molecule has 2 rings (SSSR count). The fourth-order valence-electron chi connectivity index (χ4n) is 2.50. The van der Waals surface area contributed by atoms with Crippen LogP contribution in [-0.2, 0) is 9.53 Å². The lowest BCUT2D eigenvalue weighted by molar-refractivity contribution is -0.119. The van der Waals surface area contributed by atoms with Crippen molar-refractivity contribution in [1.29, 1.82) is 0 Å². The van der Waals surface area contributed by atoms with Gasteiger partial charge in [0.1, 0.15) is 11.3 Å². The van der Waals surface area contributed by atoms with Crippen LogP contribution in [0.4, 0.5) is 5.69 Å². The van der Waals surface area contributed by atoms with Gasteiger partial charge in [-0.25, -0.2) is 4.79 Å². The summed E-state index contributed by atoms with van der Waals surface area (Å²) in [4.78, 5) is 24.4. The summed E-state index contributed by atoms with van der Waals surface area (Å²) in [5.41, 5.74) is 1.95. The van der Waals surface area contributed by atoms with Crippen molar-refractivity contribution in [2.45, 2.75) is 26.2 Å². The normalized spacial score (nSPS) is 11.5. The summed E-state index contributed by atoms with van der Waals surface area (Å²) in [6.07, 6.45) is 0.955. The number of methoxy groups -OCH3 is 1. The molecule has 0 aromatic heterocycles. The smallest absolute Gasteiger partial charge is 0.342 e. The summed E-state index contributed by atoms with van der Waals surface area (Å²) in [5, 5.41) is 3.18. The number of rotatable bonds is 7. The first-order valence-electron chi connectivity index (χ1n) is 8.35. The van der Waals surface area contributed by atoms with Crippen LogP contribution < -0.4 is 10.1 Å². The van der Waals surface area contributed by atoms with E-state index in [-0.39, 0.29) is 5.56 Å². The lowest BCUT2D eigenvalue weighted by Crippen LogP contribution is -2.22. The van der Waals surface area contributed by atoms with E-state index >= 15 is 0 Å². The number of halogens is 1. The molecule has 1 amide bonds. The Labute approximate surface area is 158 Å². The molecule has 0 fully saturated rings. The van der Waals surface area contributed by atoms with E-state index in [1.807, 2.05) is 24.3 Å². The fraction of sp³-hybridized carbons (Fsp3) is 0.300. The Balaban J connectivity index is 2.02. The first kappa shape index (κ1) is 19.8. The van der Waals surface area contributed by atoms with Gasteiger partial charge in [-0.2, -0.15) is 0 Å². The molecule has 0 unspecified atom stereocenters. The molecule has 0 saturated carbocycles.